The first-order valence-corrected chi connectivity index (χ1v) is 5.87. The molecule has 0 saturated carbocycles. The molecule has 1 fully saturated rings. The van der Waals surface area contributed by atoms with Gasteiger partial charge in [-0.3, -0.25) is 4.98 Å². The van der Waals surface area contributed by atoms with Crippen LogP contribution in [0.3, 0.4) is 0 Å². The summed E-state index contributed by atoms with van der Waals surface area (Å²) in [5.41, 5.74) is 0.855. The van der Waals surface area contributed by atoms with Crippen molar-refractivity contribution < 1.29 is 9.26 Å². The third kappa shape index (κ3) is 2.12. The van der Waals surface area contributed by atoms with Crippen LogP contribution in [0.5, 0.6) is 0 Å². The van der Waals surface area contributed by atoms with E-state index in [1.54, 1.807) is 19.5 Å². The molecule has 2 unspecified atom stereocenters. The van der Waals surface area contributed by atoms with Crippen LogP contribution in [0.25, 0.3) is 11.4 Å². The summed E-state index contributed by atoms with van der Waals surface area (Å²) in [7, 11) is 1.71. The van der Waals surface area contributed by atoms with Gasteiger partial charge in [0.05, 0.1) is 12.1 Å². The number of hydrogen-bond acceptors (Lipinski definition) is 6. The van der Waals surface area contributed by atoms with Gasteiger partial charge in [0.15, 0.2) is 0 Å². The standard InChI is InChI=1S/C12H14N4O2/c1-17-9-5-10(14-7-9)12-15-11(16-18-12)8-3-2-4-13-6-8/h2-4,6,9-10,14H,5,7H2,1H3. The molecule has 0 aliphatic carbocycles. The van der Waals surface area contributed by atoms with Gasteiger partial charge in [-0.2, -0.15) is 4.98 Å². The van der Waals surface area contributed by atoms with Crippen molar-refractivity contribution in [3.8, 4) is 11.4 Å². The fraction of sp³-hybridized carbons (Fsp3) is 0.417. The molecule has 0 amide bonds. The van der Waals surface area contributed by atoms with Gasteiger partial charge in [-0.15, -0.1) is 0 Å². The van der Waals surface area contributed by atoms with Crippen LogP contribution in [-0.4, -0.2) is 34.9 Å². The Morgan fingerprint density at radius 1 is 1.50 bits per heavy atom. The first-order chi connectivity index (χ1) is 8.86. The summed E-state index contributed by atoms with van der Waals surface area (Å²) in [6.07, 6.45) is 4.50. The third-order valence-electron chi connectivity index (χ3n) is 3.08. The van der Waals surface area contributed by atoms with Crippen LogP contribution in [0.2, 0.25) is 0 Å². The minimum absolute atomic E-state index is 0.0767. The molecule has 1 aliphatic heterocycles. The molecule has 0 radical (unpaired) electrons. The maximum atomic E-state index is 5.29. The smallest absolute Gasteiger partial charge is 0.244 e. The van der Waals surface area contributed by atoms with Gasteiger partial charge in [0.1, 0.15) is 0 Å². The molecule has 1 N–H and O–H groups in total. The molecule has 0 aromatic carbocycles. The van der Waals surface area contributed by atoms with E-state index in [1.807, 2.05) is 12.1 Å². The summed E-state index contributed by atoms with van der Waals surface area (Å²) in [4.78, 5) is 8.43. The summed E-state index contributed by atoms with van der Waals surface area (Å²) >= 11 is 0. The van der Waals surface area contributed by atoms with Crippen LogP contribution in [-0.2, 0) is 4.74 Å². The second kappa shape index (κ2) is 4.83. The monoisotopic (exact) mass is 246 g/mol. The lowest BCUT2D eigenvalue weighted by molar-refractivity contribution is 0.116. The quantitative estimate of drug-likeness (QED) is 0.876. The summed E-state index contributed by atoms with van der Waals surface area (Å²) in [6.45, 7) is 0.811. The van der Waals surface area contributed by atoms with Crippen molar-refractivity contribution in [3.63, 3.8) is 0 Å². The van der Waals surface area contributed by atoms with E-state index in [0.717, 1.165) is 18.5 Å². The van der Waals surface area contributed by atoms with Crippen LogP contribution in [0.1, 0.15) is 18.4 Å². The Morgan fingerprint density at radius 3 is 3.17 bits per heavy atom. The normalized spacial score (nSPS) is 23.4. The predicted octanol–water partition coefficient (Wildman–Crippen LogP) is 1.18. The van der Waals surface area contributed by atoms with E-state index in [0.29, 0.717) is 11.7 Å². The Bertz CT molecular complexity index is 514. The van der Waals surface area contributed by atoms with Crippen molar-refractivity contribution in [1.29, 1.82) is 0 Å². The maximum absolute atomic E-state index is 5.29. The minimum atomic E-state index is 0.0767. The molecular weight excluding hydrogens is 232 g/mol. The molecule has 2 aromatic rings. The number of ether oxygens (including phenoxy) is 1. The molecule has 6 nitrogen and oxygen atoms in total. The molecule has 3 heterocycles. The van der Waals surface area contributed by atoms with Crippen molar-refractivity contribution in [2.24, 2.45) is 0 Å². The number of nitrogens with one attached hydrogen (secondary N) is 1. The van der Waals surface area contributed by atoms with Gasteiger partial charge in [-0.05, 0) is 18.6 Å². The average Bonchev–Trinajstić information content (AvgIpc) is 3.08. The highest BCUT2D eigenvalue weighted by atomic mass is 16.5. The van der Waals surface area contributed by atoms with Gasteiger partial charge in [0, 0.05) is 31.6 Å². The number of pyridine rings is 1. The third-order valence-corrected chi connectivity index (χ3v) is 3.08. The van der Waals surface area contributed by atoms with Crippen LogP contribution in [0.4, 0.5) is 0 Å². The second-order valence-electron chi connectivity index (χ2n) is 4.25. The average molecular weight is 246 g/mol. The van der Waals surface area contributed by atoms with Crippen LogP contribution >= 0.6 is 0 Å². The molecule has 18 heavy (non-hydrogen) atoms. The lowest BCUT2D eigenvalue weighted by Gasteiger charge is -2.04. The van der Waals surface area contributed by atoms with Crippen LogP contribution in [0.15, 0.2) is 29.0 Å². The van der Waals surface area contributed by atoms with Gasteiger partial charge in [-0.25, -0.2) is 0 Å². The molecule has 3 rings (SSSR count). The zero-order chi connectivity index (χ0) is 12.4. The van der Waals surface area contributed by atoms with E-state index in [9.17, 15) is 0 Å². The lowest BCUT2D eigenvalue weighted by atomic mass is 10.2. The number of rotatable bonds is 3. The topological polar surface area (TPSA) is 73.1 Å². The van der Waals surface area contributed by atoms with Crippen molar-refractivity contribution in [2.45, 2.75) is 18.6 Å². The Hall–Kier alpha value is -1.79. The van der Waals surface area contributed by atoms with Crippen molar-refractivity contribution >= 4 is 0 Å². The molecule has 0 spiro atoms. The lowest BCUT2D eigenvalue weighted by Crippen LogP contribution is -2.16. The molecule has 6 heteroatoms. The molecule has 94 valence electrons. The van der Waals surface area contributed by atoms with Gasteiger partial charge >= 0.3 is 0 Å². The van der Waals surface area contributed by atoms with E-state index in [-0.39, 0.29) is 12.1 Å². The Morgan fingerprint density at radius 2 is 2.44 bits per heavy atom. The van der Waals surface area contributed by atoms with Gasteiger partial charge in [-0.1, -0.05) is 5.16 Å². The van der Waals surface area contributed by atoms with Crippen molar-refractivity contribution in [2.75, 3.05) is 13.7 Å². The fourth-order valence-corrected chi connectivity index (χ4v) is 2.06. The number of nitrogens with zero attached hydrogens (tertiary/aromatic N) is 3. The summed E-state index contributed by atoms with van der Waals surface area (Å²) in [5, 5.41) is 7.28. The maximum Gasteiger partial charge on any atom is 0.244 e. The first-order valence-electron chi connectivity index (χ1n) is 5.87. The van der Waals surface area contributed by atoms with E-state index in [1.165, 1.54) is 0 Å². The van der Waals surface area contributed by atoms with Gasteiger partial charge in [0.2, 0.25) is 11.7 Å². The highest BCUT2D eigenvalue weighted by Crippen LogP contribution is 2.25. The van der Waals surface area contributed by atoms with Gasteiger partial charge in [0.25, 0.3) is 0 Å². The highest BCUT2D eigenvalue weighted by molar-refractivity contribution is 5.51. The predicted molar refractivity (Wildman–Crippen MR) is 63.7 cm³/mol. The number of hydrogen-bond donors (Lipinski definition) is 1. The van der Waals surface area contributed by atoms with E-state index in [4.69, 9.17) is 9.26 Å². The number of methoxy groups -OCH3 is 1. The zero-order valence-corrected chi connectivity index (χ0v) is 10.0. The largest absolute Gasteiger partial charge is 0.380 e. The first kappa shape index (κ1) is 11.3. The molecular formula is C12H14N4O2. The van der Waals surface area contributed by atoms with Crippen LogP contribution < -0.4 is 5.32 Å². The minimum Gasteiger partial charge on any atom is -0.380 e. The van der Waals surface area contributed by atoms with Crippen molar-refractivity contribution in [1.82, 2.24) is 20.4 Å². The molecule has 0 bridgehead atoms. The Kier molecular flexibility index (Phi) is 3.04. The second-order valence-corrected chi connectivity index (χ2v) is 4.25. The highest BCUT2D eigenvalue weighted by Gasteiger charge is 2.29. The van der Waals surface area contributed by atoms with Gasteiger partial charge < -0.3 is 14.6 Å². The van der Waals surface area contributed by atoms with Crippen molar-refractivity contribution in [3.05, 3.63) is 30.4 Å². The Balaban J connectivity index is 1.78. The fourth-order valence-electron chi connectivity index (χ4n) is 2.06. The molecule has 2 aromatic heterocycles. The number of aromatic nitrogens is 3. The van der Waals surface area contributed by atoms with E-state index >= 15 is 0 Å². The summed E-state index contributed by atoms with van der Waals surface area (Å²) in [6, 6.07) is 3.83. The SMILES string of the molecule is COC1CNC(c2nc(-c3cccnc3)no2)C1. The zero-order valence-electron chi connectivity index (χ0n) is 10.0. The van der Waals surface area contributed by atoms with E-state index < -0.39 is 0 Å². The molecule has 1 aliphatic rings. The summed E-state index contributed by atoms with van der Waals surface area (Å²) in [5.74, 6) is 1.18. The van der Waals surface area contributed by atoms with E-state index in [2.05, 4.69) is 20.4 Å². The van der Waals surface area contributed by atoms with Crippen LogP contribution in [0, 0.1) is 0 Å². The summed E-state index contributed by atoms with van der Waals surface area (Å²) < 4.78 is 10.6. The molecule has 2 atom stereocenters. The Labute approximate surface area is 104 Å². The molecule has 1 saturated heterocycles.